The number of carbonyl (C=O) groups excluding carboxylic acids is 1. The maximum absolute atomic E-state index is 12.0. The fourth-order valence-corrected chi connectivity index (χ4v) is 3.07. The molecule has 0 spiro atoms. The topological polar surface area (TPSA) is 70.6 Å². The van der Waals surface area contributed by atoms with Crippen molar-refractivity contribution in [2.45, 2.75) is 43.9 Å². The minimum absolute atomic E-state index is 0.0243. The Morgan fingerprint density at radius 3 is 2.86 bits per heavy atom. The third-order valence-corrected chi connectivity index (χ3v) is 4.39. The highest BCUT2D eigenvalue weighted by atomic mass is 35.5. The van der Waals surface area contributed by atoms with Crippen LogP contribution in [0.3, 0.4) is 0 Å². The molecular formula is C16H23ClN2O3. The fraction of sp³-hybridized carbons (Fsp3) is 0.562. The summed E-state index contributed by atoms with van der Waals surface area (Å²) in [6.07, 6.45) is 3.33. The first-order chi connectivity index (χ1) is 10.6. The van der Waals surface area contributed by atoms with Crippen molar-refractivity contribution in [1.82, 2.24) is 10.6 Å². The van der Waals surface area contributed by atoms with Crippen molar-refractivity contribution in [3.05, 3.63) is 34.9 Å². The van der Waals surface area contributed by atoms with Crippen LogP contribution in [0.25, 0.3) is 0 Å². The van der Waals surface area contributed by atoms with Crippen molar-refractivity contribution in [2.24, 2.45) is 0 Å². The van der Waals surface area contributed by atoms with Gasteiger partial charge >= 0.3 is 6.03 Å². The van der Waals surface area contributed by atoms with Crippen LogP contribution in [-0.2, 0) is 4.74 Å². The van der Waals surface area contributed by atoms with Crippen molar-refractivity contribution in [1.29, 1.82) is 0 Å². The summed E-state index contributed by atoms with van der Waals surface area (Å²) in [6, 6.07) is 6.79. The van der Waals surface area contributed by atoms with Gasteiger partial charge in [0.2, 0.25) is 0 Å². The second-order valence-electron chi connectivity index (χ2n) is 5.56. The predicted molar refractivity (Wildman–Crippen MR) is 86.0 cm³/mol. The SMILES string of the molecule is COC1CCCCC1NC(=O)NCC(O)c1ccccc1Cl. The summed E-state index contributed by atoms with van der Waals surface area (Å²) >= 11 is 6.02. The van der Waals surface area contributed by atoms with E-state index in [2.05, 4.69) is 10.6 Å². The molecule has 2 amide bonds. The maximum atomic E-state index is 12.0. The van der Waals surface area contributed by atoms with Crippen molar-refractivity contribution in [3.63, 3.8) is 0 Å². The Labute approximate surface area is 136 Å². The molecule has 22 heavy (non-hydrogen) atoms. The van der Waals surface area contributed by atoms with Crippen LogP contribution in [0.5, 0.6) is 0 Å². The van der Waals surface area contributed by atoms with E-state index in [9.17, 15) is 9.90 Å². The molecule has 0 aliphatic heterocycles. The molecule has 6 heteroatoms. The maximum Gasteiger partial charge on any atom is 0.315 e. The van der Waals surface area contributed by atoms with Crippen LogP contribution in [0.4, 0.5) is 4.79 Å². The van der Waals surface area contributed by atoms with Gasteiger partial charge in [-0.25, -0.2) is 4.79 Å². The molecule has 1 saturated carbocycles. The third kappa shape index (κ3) is 4.60. The summed E-state index contributed by atoms with van der Waals surface area (Å²) in [5.41, 5.74) is 0.608. The van der Waals surface area contributed by atoms with Gasteiger partial charge in [0.05, 0.1) is 18.2 Å². The molecule has 1 fully saturated rings. The molecule has 3 unspecified atom stereocenters. The summed E-state index contributed by atoms with van der Waals surface area (Å²) < 4.78 is 5.41. The molecule has 122 valence electrons. The number of aliphatic hydroxyl groups excluding tert-OH is 1. The van der Waals surface area contributed by atoms with Gasteiger partial charge in [0.25, 0.3) is 0 Å². The van der Waals surface area contributed by atoms with E-state index in [1.165, 1.54) is 0 Å². The summed E-state index contributed by atoms with van der Waals surface area (Å²) in [4.78, 5) is 12.0. The zero-order valence-electron chi connectivity index (χ0n) is 12.7. The van der Waals surface area contributed by atoms with Crippen LogP contribution in [0.1, 0.15) is 37.4 Å². The Bertz CT molecular complexity index is 498. The zero-order chi connectivity index (χ0) is 15.9. The van der Waals surface area contributed by atoms with Gasteiger partial charge in [-0.1, -0.05) is 42.6 Å². The largest absolute Gasteiger partial charge is 0.387 e. The molecule has 0 bridgehead atoms. The van der Waals surface area contributed by atoms with Crippen molar-refractivity contribution >= 4 is 17.6 Å². The molecular weight excluding hydrogens is 304 g/mol. The highest BCUT2D eigenvalue weighted by Gasteiger charge is 2.26. The lowest BCUT2D eigenvalue weighted by Gasteiger charge is -2.31. The van der Waals surface area contributed by atoms with Crippen molar-refractivity contribution in [3.8, 4) is 0 Å². The van der Waals surface area contributed by atoms with Crippen LogP contribution < -0.4 is 10.6 Å². The van der Waals surface area contributed by atoms with Gasteiger partial charge < -0.3 is 20.5 Å². The number of amides is 2. The Morgan fingerprint density at radius 1 is 1.41 bits per heavy atom. The van der Waals surface area contributed by atoms with E-state index >= 15 is 0 Å². The molecule has 1 aromatic carbocycles. The quantitative estimate of drug-likeness (QED) is 0.779. The lowest BCUT2D eigenvalue weighted by Crippen LogP contribution is -2.50. The minimum atomic E-state index is -0.830. The van der Waals surface area contributed by atoms with Crippen molar-refractivity contribution in [2.75, 3.05) is 13.7 Å². The Balaban J connectivity index is 1.81. The second kappa shape index (κ2) is 8.36. The van der Waals surface area contributed by atoms with Gasteiger partial charge in [-0.2, -0.15) is 0 Å². The van der Waals surface area contributed by atoms with E-state index in [0.717, 1.165) is 25.7 Å². The molecule has 2 rings (SSSR count). The Morgan fingerprint density at radius 2 is 2.14 bits per heavy atom. The number of halogens is 1. The normalized spacial score (nSPS) is 22.9. The molecule has 3 N–H and O–H groups in total. The first-order valence-corrected chi connectivity index (χ1v) is 7.99. The number of aliphatic hydroxyl groups is 1. The van der Waals surface area contributed by atoms with Crippen LogP contribution >= 0.6 is 11.6 Å². The first-order valence-electron chi connectivity index (χ1n) is 7.61. The van der Waals surface area contributed by atoms with Crippen molar-refractivity contribution < 1.29 is 14.6 Å². The number of methoxy groups -OCH3 is 1. The standard InChI is InChI=1S/C16H23ClN2O3/c1-22-15-9-5-4-8-13(15)19-16(21)18-10-14(20)11-6-2-3-7-12(11)17/h2-3,6-7,13-15,20H,4-5,8-10H2,1H3,(H2,18,19,21). The second-order valence-corrected chi connectivity index (χ2v) is 5.96. The van der Waals surface area contributed by atoms with Crippen LogP contribution in [0.15, 0.2) is 24.3 Å². The fourth-order valence-electron chi connectivity index (χ4n) is 2.81. The Kier molecular flexibility index (Phi) is 6.49. The highest BCUT2D eigenvalue weighted by Crippen LogP contribution is 2.22. The summed E-state index contributed by atoms with van der Waals surface area (Å²) in [5, 5.41) is 16.2. The zero-order valence-corrected chi connectivity index (χ0v) is 13.5. The average molecular weight is 327 g/mol. The lowest BCUT2D eigenvalue weighted by molar-refractivity contribution is 0.0450. The minimum Gasteiger partial charge on any atom is -0.387 e. The molecule has 0 heterocycles. The van der Waals surface area contributed by atoms with E-state index in [4.69, 9.17) is 16.3 Å². The van der Waals surface area contributed by atoms with Gasteiger partial charge in [-0.05, 0) is 18.9 Å². The molecule has 3 atom stereocenters. The number of benzene rings is 1. The molecule has 0 aromatic heterocycles. The van der Waals surface area contributed by atoms with E-state index in [1.807, 2.05) is 0 Å². The van der Waals surface area contributed by atoms with Crippen LogP contribution in [0.2, 0.25) is 5.02 Å². The van der Waals surface area contributed by atoms with Gasteiger partial charge in [0.1, 0.15) is 0 Å². The molecule has 1 aromatic rings. The Hall–Kier alpha value is -1.30. The third-order valence-electron chi connectivity index (χ3n) is 4.04. The van der Waals surface area contributed by atoms with E-state index in [-0.39, 0.29) is 24.7 Å². The number of ether oxygens (including phenoxy) is 1. The van der Waals surface area contributed by atoms with E-state index in [0.29, 0.717) is 10.6 Å². The van der Waals surface area contributed by atoms with Crippen LogP contribution in [-0.4, -0.2) is 36.9 Å². The van der Waals surface area contributed by atoms with E-state index in [1.54, 1.807) is 31.4 Å². The smallest absolute Gasteiger partial charge is 0.315 e. The summed E-state index contributed by atoms with van der Waals surface area (Å²) in [7, 11) is 1.67. The van der Waals surface area contributed by atoms with E-state index < -0.39 is 6.10 Å². The summed E-state index contributed by atoms with van der Waals surface area (Å²) in [6.45, 7) is 0.111. The van der Waals surface area contributed by atoms with Gasteiger partial charge in [-0.3, -0.25) is 0 Å². The van der Waals surface area contributed by atoms with Crippen LogP contribution in [0, 0.1) is 0 Å². The highest BCUT2D eigenvalue weighted by molar-refractivity contribution is 6.31. The molecule has 5 nitrogen and oxygen atoms in total. The van der Waals surface area contributed by atoms with Gasteiger partial charge in [0.15, 0.2) is 0 Å². The predicted octanol–water partition coefficient (Wildman–Crippen LogP) is 2.63. The number of hydrogen-bond donors (Lipinski definition) is 3. The lowest BCUT2D eigenvalue weighted by atomic mass is 9.92. The molecule has 1 aliphatic carbocycles. The first kappa shape index (κ1) is 17.1. The van der Waals surface area contributed by atoms with Gasteiger partial charge in [0, 0.05) is 24.2 Å². The monoisotopic (exact) mass is 326 g/mol. The number of nitrogens with one attached hydrogen (secondary N) is 2. The van der Waals surface area contributed by atoms with Gasteiger partial charge in [-0.15, -0.1) is 0 Å². The summed E-state index contributed by atoms with van der Waals surface area (Å²) in [5.74, 6) is 0. The molecule has 0 saturated heterocycles. The number of urea groups is 1. The number of hydrogen-bond acceptors (Lipinski definition) is 3. The molecule has 0 radical (unpaired) electrons. The molecule has 1 aliphatic rings. The average Bonchev–Trinajstić information content (AvgIpc) is 2.53. The number of rotatable bonds is 5. The number of carbonyl (C=O) groups is 1.